The SMILES string of the molecule is CCC(C)C(C)NC(=O)C(CN)c1ccccc1. The Morgan fingerprint density at radius 1 is 1.28 bits per heavy atom. The summed E-state index contributed by atoms with van der Waals surface area (Å²) < 4.78 is 0. The maximum atomic E-state index is 12.2. The number of rotatable bonds is 6. The third-order valence-electron chi connectivity index (χ3n) is 3.62. The first-order valence-electron chi connectivity index (χ1n) is 6.65. The minimum atomic E-state index is -0.252. The van der Waals surface area contributed by atoms with Crippen molar-refractivity contribution in [1.29, 1.82) is 0 Å². The zero-order valence-electron chi connectivity index (χ0n) is 11.5. The number of hydrogen-bond acceptors (Lipinski definition) is 2. The van der Waals surface area contributed by atoms with E-state index in [1.807, 2.05) is 37.3 Å². The Morgan fingerprint density at radius 3 is 2.39 bits per heavy atom. The number of nitrogens with one attached hydrogen (secondary N) is 1. The van der Waals surface area contributed by atoms with E-state index in [0.29, 0.717) is 12.5 Å². The molecule has 3 N–H and O–H groups in total. The number of nitrogens with two attached hydrogens (primary N) is 1. The fourth-order valence-corrected chi connectivity index (χ4v) is 1.90. The van der Waals surface area contributed by atoms with Gasteiger partial charge in [0, 0.05) is 12.6 Å². The molecule has 0 fully saturated rings. The smallest absolute Gasteiger partial charge is 0.229 e. The monoisotopic (exact) mass is 248 g/mol. The maximum Gasteiger partial charge on any atom is 0.229 e. The highest BCUT2D eigenvalue weighted by Gasteiger charge is 2.21. The lowest BCUT2D eigenvalue weighted by Crippen LogP contribution is -2.41. The topological polar surface area (TPSA) is 55.1 Å². The molecule has 0 bridgehead atoms. The number of benzene rings is 1. The zero-order valence-corrected chi connectivity index (χ0v) is 11.5. The van der Waals surface area contributed by atoms with Crippen molar-refractivity contribution in [1.82, 2.24) is 5.32 Å². The van der Waals surface area contributed by atoms with E-state index in [9.17, 15) is 4.79 Å². The zero-order chi connectivity index (χ0) is 13.5. The van der Waals surface area contributed by atoms with E-state index in [0.717, 1.165) is 12.0 Å². The van der Waals surface area contributed by atoms with Gasteiger partial charge in [-0.1, -0.05) is 50.6 Å². The summed E-state index contributed by atoms with van der Waals surface area (Å²) in [6.07, 6.45) is 1.06. The van der Waals surface area contributed by atoms with E-state index in [1.54, 1.807) is 0 Å². The summed E-state index contributed by atoms with van der Waals surface area (Å²) in [6, 6.07) is 9.89. The standard InChI is InChI=1S/C15H24N2O/c1-4-11(2)12(3)17-15(18)14(10-16)13-8-6-5-7-9-13/h5-9,11-12,14H,4,10,16H2,1-3H3,(H,17,18). The van der Waals surface area contributed by atoms with Crippen LogP contribution in [0.3, 0.4) is 0 Å². The van der Waals surface area contributed by atoms with Crippen molar-refractivity contribution >= 4 is 5.91 Å². The van der Waals surface area contributed by atoms with Gasteiger partial charge in [0.05, 0.1) is 5.92 Å². The summed E-state index contributed by atoms with van der Waals surface area (Å²) in [4.78, 5) is 12.2. The Morgan fingerprint density at radius 2 is 1.89 bits per heavy atom. The van der Waals surface area contributed by atoms with Crippen molar-refractivity contribution in [2.75, 3.05) is 6.54 Å². The predicted molar refractivity (Wildman–Crippen MR) is 75.3 cm³/mol. The highest BCUT2D eigenvalue weighted by molar-refractivity contribution is 5.84. The van der Waals surface area contributed by atoms with Crippen molar-refractivity contribution in [2.45, 2.75) is 39.2 Å². The van der Waals surface area contributed by atoms with Crippen LogP contribution in [-0.4, -0.2) is 18.5 Å². The lowest BCUT2D eigenvalue weighted by molar-refractivity contribution is -0.123. The molecule has 18 heavy (non-hydrogen) atoms. The first-order valence-corrected chi connectivity index (χ1v) is 6.65. The van der Waals surface area contributed by atoms with Crippen molar-refractivity contribution in [3.05, 3.63) is 35.9 Å². The van der Waals surface area contributed by atoms with Crippen LogP contribution < -0.4 is 11.1 Å². The average molecular weight is 248 g/mol. The number of carbonyl (C=O) groups excluding carboxylic acids is 1. The Balaban J connectivity index is 2.69. The van der Waals surface area contributed by atoms with E-state index in [-0.39, 0.29) is 17.9 Å². The molecule has 3 nitrogen and oxygen atoms in total. The molecule has 100 valence electrons. The van der Waals surface area contributed by atoms with E-state index in [2.05, 4.69) is 19.2 Å². The molecule has 0 aromatic heterocycles. The Bertz CT molecular complexity index is 364. The van der Waals surface area contributed by atoms with Crippen molar-refractivity contribution in [3.63, 3.8) is 0 Å². The molecular weight excluding hydrogens is 224 g/mol. The molecule has 0 heterocycles. The minimum absolute atomic E-state index is 0.0245. The van der Waals surface area contributed by atoms with Crippen LogP contribution in [-0.2, 0) is 4.79 Å². The van der Waals surface area contributed by atoms with Gasteiger partial charge in [-0.25, -0.2) is 0 Å². The summed E-state index contributed by atoms with van der Waals surface area (Å²) >= 11 is 0. The number of amides is 1. The van der Waals surface area contributed by atoms with E-state index in [1.165, 1.54) is 0 Å². The summed E-state index contributed by atoms with van der Waals surface area (Å²) in [6.45, 7) is 6.66. The van der Waals surface area contributed by atoms with Crippen LogP contribution in [0.2, 0.25) is 0 Å². The normalized spacial score (nSPS) is 15.8. The number of hydrogen-bond donors (Lipinski definition) is 2. The third-order valence-corrected chi connectivity index (χ3v) is 3.62. The molecule has 1 rings (SSSR count). The van der Waals surface area contributed by atoms with Gasteiger partial charge in [0.1, 0.15) is 0 Å². The van der Waals surface area contributed by atoms with Gasteiger partial charge < -0.3 is 11.1 Å². The third kappa shape index (κ3) is 3.84. The van der Waals surface area contributed by atoms with Crippen LogP contribution in [0.5, 0.6) is 0 Å². The Kier molecular flexibility index (Phi) is 5.86. The lowest BCUT2D eigenvalue weighted by atomic mass is 9.96. The summed E-state index contributed by atoms with van der Waals surface area (Å²) in [5.41, 5.74) is 6.71. The van der Waals surface area contributed by atoms with Crippen LogP contribution in [0.25, 0.3) is 0 Å². The second kappa shape index (κ2) is 7.17. The van der Waals surface area contributed by atoms with Crippen LogP contribution >= 0.6 is 0 Å². The number of carbonyl (C=O) groups is 1. The van der Waals surface area contributed by atoms with Gasteiger partial charge in [-0.15, -0.1) is 0 Å². The highest BCUT2D eigenvalue weighted by Crippen LogP contribution is 2.15. The first-order chi connectivity index (χ1) is 8.60. The van der Waals surface area contributed by atoms with Gasteiger partial charge in [0.15, 0.2) is 0 Å². The highest BCUT2D eigenvalue weighted by atomic mass is 16.1. The molecule has 0 saturated heterocycles. The van der Waals surface area contributed by atoms with E-state index in [4.69, 9.17) is 5.73 Å². The molecular formula is C15H24N2O. The van der Waals surface area contributed by atoms with Crippen molar-refractivity contribution in [2.24, 2.45) is 11.7 Å². The molecule has 0 aliphatic heterocycles. The molecule has 1 amide bonds. The summed E-state index contributed by atoms with van der Waals surface area (Å²) in [7, 11) is 0. The largest absolute Gasteiger partial charge is 0.353 e. The second-order valence-electron chi connectivity index (χ2n) is 4.88. The molecule has 1 aromatic rings. The quantitative estimate of drug-likeness (QED) is 0.811. The van der Waals surface area contributed by atoms with Crippen molar-refractivity contribution < 1.29 is 4.79 Å². The maximum absolute atomic E-state index is 12.2. The van der Waals surface area contributed by atoms with Crippen LogP contribution in [0.4, 0.5) is 0 Å². The van der Waals surface area contributed by atoms with Crippen LogP contribution in [0.1, 0.15) is 38.7 Å². The predicted octanol–water partition coefficient (Wildman–Crippen LogP) is 2.28. The lowest BCUT2D eigenvalue weighted by Gasteiger charge is -2.23. The van der Waals surface area contributed by atoms with Gasteiger partial charge in [-0.2, -0.15) is 0 Å². The van der Waals surface area contributed by atoms with Gasteiger partial charge in [0.2, 0.25) is 5.91 Å². The molecule has 0 radical (unpaired) electrons. The molecule has 0 aliphatic carbocycles. The molecule has 3 heteroatoms. The van der Waals surface area contributed by atoms with E-state index < -0.39 is 0 Å². The average Bonchev–Trinajstić information content (AvgIpc) is 2.39. The van der Waals surface area contributed by atoms with Gasteiger partial charge >= 0.3 is 0 Å². The molecule has 0 saturated carbocycles. The Hall–Kier alpha value is -1.35. The fourth-order valence-electron chi connectivity index (χ4n) is 1.90. The first kappa shape index (κ1) is 14.7. The van der Waals surface area contributed by atoms with Gasteiger partial charge in [-0.3, -0.25) is 4.79 Å². The molecule has 3 unspecified atom stereocenters. The van der Waals surface area contributed by atoms with E-state index >= 15 is 0 Å². The summed E-state index contributed by atoms with van der Waals surface area (Å²) in [5, 5.41) is 3.06. The second-order valence-corrected chi connectivity index (χ2v) is 4.88. The van der Waals surface area contributed by atoms with Crippen LogP contribution in [0.15, 0.2) is 30.3 Å². The minimum Gasteiger partial charge on any atom is -0.353 e. The fraction of sp³-hybridized carbons (Fsp3) is 0.533. The van der Waals surface area contributed by atoms with Gasteiger partial charge in [0.25, 0.3) is 0 Å². The molecule has 0 spiro atoms. The van der Waals surface area contributed by atoms with Crippen LogP contribution in [0, 0.1) is 5.92 Å². The summed E-state index contributed by atoms with van der Waals surface area (Å²) in [5.74, 6) is 0.248. The molecule has 0 aliphatic rings. The van der Waals surface area contributed by atoms with Gasteiger partial charge in [-0.05, 0) is 18.4 Å². The van der Waals surface area contributed by atoms with Crippen molar-refractivity contribution in [3.8, 4) is 0 Å². The molecule has 1 aromatic carbocycles. The molecule has 3 atom stereocenters. The Labute approximate surface area is 110 Å².